The van der Waals surface area contributed by atoms with Crippen LogP contribution in [-0.2, 0) is 9.47 Å². The Balaban J connectivity index is 2.18. The zero-order chi connectivity index (χ0) is 12.9. The number of nitrogens with one attached hydrogen (secondary N) is 1. The maximum absolute atomic E-state index is 9.40. The van der Waals surface area contributed by atoms with Gasteiger partial charge < -0.3 is 19.9 Å². The lowest BCUT2D eigenvalue weighted by Crippen LogP contribution is -2.50. The van der Waals surface area contributed by atoms with Gasteiger partial charge >= 0.3 is 0 Å². The van der Waals surface area contributed by atoms with Crippen molar-refractivity contribution in [3.05, 3.63) is 0 Å². The molecule has 0 radical (unpaired) electrons. The number of methoxy groups -OCH3 is 1. The molecular formula is C13H27NO3. The maximum Gasteiger partial charge on any atom is 0.0668 e. The summed E-state index contributed by atoms with van der Waals surface area (Å²) in [5.41, 5.74) is -0.447. The molecule has 1 aliphatic rings. The van der Waals surface area contributed by atoms with Gasteiger partial charge in [-0.3, -0.25) is 0 Å². The molecule has 1 fully saturated rings. The van der Waals surface area contributed by atoms with Crippen molar-refractivity contribution in [3.8, 4) is 0 Å². The van der Waals surface area contributed by atoms with Crippen LogP contribution in [0.15, 0.2) is 0 Å². The van der Waals surface area contributed by atoms with Gasteiger partial charge in [-0.15, -0.1) is 0 Å². The van der Waals surface area contributed by atoms with E-state index in [4.69, 9.17) is 9.47 Å². The first-order valence-electron chi connectivity index (χ1n) is 6.42. The van der Waals surface area contributed by atoms with E-state index >= 15 is 0 Å². The standard InChI is InChI=1S/C13H27NO3/c1-12(2,16-4)7-8-17-10-13(3,9-15)14-11-5-6-11/h11,14-15H,5-10H2,1-4H3. The molecule has 0 heterocycles. The van der Waals surface area contributed by atoms with Crippen LogP contribution in [0.25, 0.3) is 0 Å². The zero-order valence-corrected chi connectivity index (χ0v) is 11.6. The van der Waals surface area contributed by atoms with Gasteiger partial charge in [-0.25, -0.2) is 0 Å². The molecule has 1 aliphatic carbocycles. The molecule has 0 saturated heterocycles. The highest BCUT2D eigenvalue weighted by Crippen LogP contribution is 2.22. The molecule has 102 valence electrons. The first-order chi connectivity index (χ1) is 7.91. The Morgan fingerprint density at radius 3 is 2.41 bits per heavy atom. The lowest BCUT2D eigenvalue weighted by molar-refractivity contribution is -0.0227. The summed E-state index contributed by atoms with van der Waals surface area (Å²) in [6.45, 7) is 7.40. The summed E-state index contributed by atoms with van der Waals surface area (Å²) in [6.07, 6.45) is 3.28. The van der Waals surface area contributed by atoms with E-state index < -0.39 is 0 Å². The molecule has 4 nitrogen and oxygen atoms in total. The van der Waals surface area contributed by atoms with E-state index in [0.29, 0.717) is 19.3 Å². The quantitative estimate of drug-likeness (QED) is 0.602. The van der Waals surface area contributed by atoms with Gasteiger partial charge in [0.1, 0.15) is 0 Å². The fourth-order valence-corrected chi connectivity index (χ4v) is 1.57. The van der Waals surface area contributed by atoms with Gasteiger partial charge in [-0.1, -0.05) is 0 Å². The molecule has 0 aromatic carbocycles. The highest BCUT2D eigenvalue weighted by molar-refractivity contribution is 4.92. The van der Waals surface area contributed by atoms with Crippen LogP contribution in [0.1, 0.15) is 40.0 Å². The molecule has 1 atom stereocenters. The SMILES string of the molecule is COC(C)(C)CCOCC(C)(CO)NC1CC1. The molecule has 1 saturated carbocycles. The predicted molar refractivity (Wildman–Crippen MR) is 68.2 cm³/mol. The maximum atomic E-state index is 9.40. The van der Waals surface area contributed by atoms with Crippen LogP contribution in [-0.4, -0.2) is 49.2 Å². The molecule has 0 amide bonds. The summed E-state index contributed by atoms with van der Waals surface area (Å²) in [5.74, 6) is 0. The molecule has 0 spiro atoms. The molecule has 0 aromatic rings. The van der Waals surface area contributed by atoms with E-state index in [1.807, 2.05) is 20.8 Å². The molecule has 2 N–H and O–H groups in total. The van der Waals surface area contributed by atoms with E-state index in [2.05, 4.69) is 5.32 Å². The zero-order valence-electron chi connectivity index (χ0n) is 11.6. The third-order valence-corrected chi connectivity index (χ3v) is 3.30. The van der Waals surface area contributed by atoms with Gasteiger partial charge in [-0.2, -0.15) is 0 Å². The van der Waals surface area contributed by atoms with Crippen molar-refractivity contribution in [1.82, 2.24) is 5.32 Å². The lowest BCUT2D eigenvalue weighted by atomic mass is 10.0. The van der Waals surface area contributed by atoms with Crippen LogP contribution in [0, 0.1) is 0 Å². The average molecular weight is 245 g/mol. The first kappa shape index (κ1) is 14.9. The number of ether oxygens (including phenoxy) is 2. The van der Waals surface area contributed by atoms with Gasteiger partial charge in [0.15, 0.2) is 0 Å². The van der Waals surface area contributed by atoms with Crippen LogP contribution >= 0.6 is 0 Å². The minimum Gasteiger partial charge on any atom is -0.394 e. The van der Waals surface area contributed by atoms with Crippen molar-refractivity contribution >= 4 is 0 Å². The molecule has 0 aromatic heterocycles. The summed E-state index contributed by atoms with van der Waals surface area (Å²) < 4.78 is 11.0. The Bertz CT molecular complexity index is 229. The molecular weight excluding hydrogens is 218 g/mol. The summed E-state index contributed by atoms with van der Waals surface area (Å²) in [5, 5.41) is 12.8. The number of hydrogen-bond donors (Lipinski definition) is 2. The van der Waals surface area contributed by atoms with Crippen molar-refractivity contribution in [1.29, 1.82) is 0 Å². The Hall–Kier alpha value is -0.160. The fraction of sp³-hybridized carbons (Fsp3) is 1.00. The molecule has 1 rings (SSSR count). The molecule has 4 heteroatoms. The number of aliphatic hydroxyl groups is 1. The first-order valence-corrected chi connectivity index (χ1v) is 6.42. The molecule has 1 unspecified atom stereocenters. The van der Waals surface area contributed by atoms with E-state index in [-0.39, 0.29) is 17.7 Å². The summed E-state index contributed by atoms with van der Waals surface area (Å²) in [4.78, 5) is 0. The number of rotatable bonds is 9. The van der Waals surface area contributed by atoms with Crippen molar-refractivity contribution in [2.45, 2.75) is 57.2 Å². The highest BCUT2D eigenvalue weighted by atomic mass is 16.5. The van der Waals surface area contributed by atoms with Crippen LogP contribution in [0.3, 0.4) is 0 Å². The van der Waals surface area contributed by atoms with Crippen LogP contribution in [0.4, 0.5) is 0 Å². The van der Waals surface area contributed by atoms with E-state index in [1.54, 1.807) is 7.11 Å². The van der Waals surface area contributed by atoms with E-state index in [0.717, 1.165) is 6.42 Å². The van der Waals surface area contributed by atoms with E-state index in [9.17, 15) is 5.11 Å². The Morgan fingerprint density at radius 1 is 1.29 bits per heavy atom. The Kier molecular flexibility index (Phi) is 5.38. The van der Waals surface area contributed by atoms with Gasteiger partial charge in [0, 0.05) is 19.8 Å². The minimum atomic E-state index is -0.307. The van der Waals surface area contributed by atoms with Crippen molar-refractivity contribution < 1.29 is 14.6 Å². The minimum absolute atomic E-state index is 0.108. The predicted octanol–water partition coefficient (Wildman–Crippen LogP) is 1.32. The average Bonchev–Trinajstić information content (AvgIpc) is 3.08. The Morgan fingerprint density at radius 2 is 1.94 bits per heavy atom. The smallest absolute Gasteiger partial charge is 0.0668 e. The monoisotopic (exact) mass is 245 g/mol. The van der Waals surface area contributed by atoms with Crippen LogP contribution in [0.5, 0.6) is 0 Å². The van der Waals surface area contributed by atoms with Crippen molar-refractivity contribution in [2.75, 3.05) is 26.9 Å². The normalized spacial score (nSPS) is 20.3. The topological polar surface area (TPSA) is 50.7 Å². The van der Waals surface area contributed by atoms with Crippen molar-refractivity contribution in [3.63, 3.8) is 0 Å². The van der Waals surface area contributed by atoms with Gasteiger partial charge in [0.2, 0.25) is 0 Å². The summed E-state index contributed by atoms with van der Waals surface area (Å²) in [6, 6.07) is 0.575. The second-order valence-electron chi connectivity index (χ2n) is 5.90. The largest absolute Gasteiger partial charge is 0.394 e. The van der Waals surface area contributed by atoms with Gasteiger partial charge in [-0.05, 0) is 40.0 Å². The molecule has 0 bridgehead atoms. The fourth-order valence-electron chi connectivity index (χ4n) is 1.57. The Labute approximate surface area is 105 Å². The van der Waals surface area contributed by atoms with Crippen molar-refractivity contribution in [2.24, 2.45) is 0 Å². The van der Waals surface area contributed by atoms with Crippen LogP contribution < -0.4 is 5.32 Å². The third-order valence-electron chi connectivity index (χ3n) is 3.30. The lowest BCUT2D eigenvalue weighted by Gasteiger charge is -2.29. The summed E-state index contributed by atoms with van der Waals surface area (Å²) in [7, 11) is 1.71. The van der Waals surface area contributed by atoms with Gasteiger partial charge in [0.25, 0.3) is 0 Å². The number of aliphatic hydroxyl groups excluding tert-OH is 1. The second kappa shape index (κ2) is 6.14. The second-order valence-corrected chi connectivity index (χ2v) is 5.90. The molecule has 0 aliphatic heterocycles. The van der Waals surface area contributed by atoms with E-state index in [1.165, 1.54) is 12.8 Å². The van der Waals surface area contributed by atoms with Crippen LogP contribution in [0.2, 0.25) is 0 Å². The summed E-state index contributed by atoms with van der Waals surface area (Å²) >= 11 is 0. The third kappa shape index (κ3) is 5.82. The van der Waals surface area contributed by atoms with Gasteiger partial charge in [0.05, 0.1) is 24.4 Å². The highest BCUT2D eigenvalue weighted by Gasteiger charge is 2.32. The number of hydrogen-bond acceptors (Lipinski definition) is 4. The molecule has 17 heavy (non-hydrogen) atoms.